The molecule has 1 heterocycles. The second-order valence-corrected chi connectivity index (χ2v) is 2.75. The Hall–Kier alpha value is -0.700. The number of aromatic nitrogens is 2. The molecule has 10 heavy (non-hydrogen) atoms. The lowest BCUT2D eigenvalue weighted by molar-refractivity contribution is 0.377. The van der Waals surface area contributed by atoms with Crippen LogP contribution in [-0.4, -0.2) is 14.9 Å². The van der Waals surface area contributed by atoms with Crippen molar-refractivity contribution in [1.82, 2.24) is 9.78 Å². The highest BCUT2D eigenvalue weighted by Crippen LogP contribution is 2.19. The van der Waals surface area contributed by atoms with Gasteiger partial charge < -0.3 is 5.11 Å². The van der Waals surface area contributed by atoms with Crippen LogP contribution in [0.3, 0.4) is 0 Å². The van der Waals surface area contributed by atoms with Crippen LogP contribution in [-0.2, 0) is 0 Å². The largest absolute Gasteiger partial charge is 0.493 e. The van der Waals surface area contributed by atoms with Crippen LogP contribution < -0.4 is 0 Å². The SMILES string of the molecule is CC(C)n1nc(Cl)cc1O. The molecule has 0 unspecified atom stereocenters. The van der Waals surface area contributed by atoms with E-state index in [2.05, 4.69) is 5.10 Å². The number of rotatable bonds is 1. The number of halogens is 1. The summed E-state index contributed by atoms with van der Waals surface area (Å²) in [5.74, 6) is 0.111. The van der Waals surface area contributed by atoms with Crippen molar-refractivity contribution in [3.8, 4) is 5.88 Å². The molecule has 3 nitrogen and oxygen atoms in total. The van der Waals surface area contributed by atoms with E-state index in [0.29, 0.717) is 5.15 Å². The minimum atomic E-state index is 0.111. The highest BCUT2D eigenvalue weighted by atomic mass is 35.5. The lowest BCUT2D eigenvalue weighted by atomic mass is 10.4. The van der Waals surface area contributed by atoms with Gasteiger partial charge in [-0.3, -0.25) is 0 Å². The molecule has 0 atom stereocenters. The maximum Gasteiger partial charge on any atom is 0.211 e. The third-order valence-electron chi connectivity index (χ3n) is 1.18. The summed E-state index contributed by atoms with van der Waals surface area (Å²) in [5, 5.41) is 13.3. The first-order valence-corrected chi connectivity index (χ1v) is 3.43. The van der Waals surface area contributed by atoms with Gasteiger partial charge in [-0.15, -0.1) is 0 Å². The lowest BCUT2D eigenvalue weighted by Crippen LogP contribution is -2.01. The second kappa shape index (κ2) is 2.50. The predicted octanol–water partition coefficient (Wildman–Crippen LogP) is 1.82. The first-order chi connectivity index (χ1) is 4.61. The predicted molar refractivity (Wildman–Crippen MR) is 39.3 cm³/mol. The Labute approximate surface area is 64.2 Å². The summed E-state index contributed by atoms with van der Waals surface area (Å²) in [6, 6.07) is 1.56. The van der Waals surface area contributed by atoms with Crippen molar-refractivity contribution >= 4 is 11.6 Å². The monoisotopic (exact) mass is 160 g/mol. The third kappa shape index (κ3) is 1.24. The zero-order valence-corrected chi connectivity index (χ0v) is 6.63. The highest BCUT2D eigenvalue weighted by molar-refractivity contribution is 6.29. The first-order valence-electron chi connectivity index (χ1n) is 3.05. The molecule has 1 aromatic heterocycles. The van der Waals surface area contributed by atoms with Crippen molar-refractivity contribution in [2.24, 2.45) is 0 Å². The molecule has 1 N–H and O–H groups in total. The molecule has 0 aromatic carbocycles. The van der Waals surface area contributed by atoms with Gasteiger partial charge in [0.05, 0.1) is 6.04 Å². The van der Waals surface area contributed by atoms with E-state index in [9.17, 15) is 0 Å². The van der Waals surface area contributed by atoms with E-state index in [1.165, 1.54) is 10.7 Å². The normalized spacial score (nSPS) is 10.8. The van der Waals surface area contributed by atoms with Gasteiger partial charge in [0.1, 0.15) is 0 Å². The van der Waals surface area contributed by atoms with Crippen molar-refractivity contribution in [3.63, 3.8) is 0 Å². The van der Waals surface area contributed by atoms with Crippen molar-refractivity contribution in [2.75, 3.05) is 0 Å². The van der Waals surface area contributed by atoms with Gasteiger partial charge in [-0.2, -0.15) is 5.10 Å². The number of nitrogens with zero attached hydrogens (tertiary/aromatic N) is 2. The maximum absolute atomic E-state index is 9.12. The average Bonchev–Trinajstić information content (AvgIpc) is 2.10. The molecule has 0 amide bonds. The van der Waals surface area contributed by atoms with Gasteiger partial charge in [0.25, 0.3) is 0 Å². The number of hydrogen-bond donors (Lipinski definition) is 1. The average molecular weight is 161 g/mol. The van der Waals surface area contributed by atoms with Gasteiger partial charge in [-0.25, -0.2) is 4.68 Å². The van der Waals surface area contributed by atoms with E-state index >= 15 is 0 Å². The summed E-state index contributed by atoms with van der Waals surface area (Å²) < 4.78 is 1.46. The Morgan fingerprint density at radius 1 is 1.70 bits per heavy atom. The Morgan fingerprint density at radius 2 is 2.30 bits per heavy atom. The summed E-state index contributed by atoms with van der Waals surface area (Å²) >= 11 is 5.52. The van der Waals surface area contributed by atoms with Crippen molar-refractivity contribution in [3.05, 3.63) is 11.2 Å². The van der Waals surface area contributed by atoms with E-state index in [1.807, 2.05) is 13.8 Å². The minimum absolute atomic E-state index is 0.111. The molecule has 0 radical (unpaired) electrons. The summed E-state index contributed by atoms with van der Waals surface area (Å²) in [7, 11) is 0. The topological polar surface area (TPSA) is 38.0 Å². The lowest BCUT2D eigenvalue weighted by Gasteiger charge is -2.04. The van der Waals surface area contributed by atoms with E-state index in [-0.39, 0.29) is 11.9 Å². The molecule has 1 rings (SSSR count). The number of aromatic hydroxyl groups is 1. The van der Waals surface area contributed by atoms with Crippen molar-refractivity contribution in [2.45, 2.75) is 19.9 Å². The maximum atomic E-state index is 9.12. The summed E-state index contributed by atoms with van der Waals surface area (Å²) in [6.07, 6.45) is 0. The molecule has 0 saturated carbocycles. The van der Waals surface area contributed by atoms with E-state index < -0.39 is 0 Å². The fourth-order valence-corrected chi connectivity index (χ4v) is 0.915. The molecule has 0 aliphatic heterocycles. The van der Waals surface area contributed by atoms with Crippen LogP contribution in [0.4, 0.5) is 0 Å². The highest BCUT2D eigenvalue weighted by Gasteiger charge is 2.06. The molecule has 0 bridgehead atoms. The van der Waals surface area contributed by atoms with Gasteiger partial charge >= 0.3 is 0 Å². The van der Waals surface area contributed by atoms with Gasteiger partial charge in [-0.05, 0) is 13.8 Å². The van der Waals surface area contributed by atoms with Crippen molar-refractivity contribution in [1.29, 1.82) is 0 Å². The zero-order chi connectivity index (χ0) is 7.72. The molecule has 4 heteroatoms. The third-order valence-corrected chi connectivity index (χ3v) is 1.36. The van der Waals surface area contributed by atoms with Crippen LogP contribution >= 0.6 is 11.6 Å². The standard InChI is InChI=1S/C6H9ClN2O/c1-4(2)9-6(10)3-5(7)8-9/h3-4,10H,1-2H3. The van der Waals surface area contributed by atoms with Gasteiger partial charge in [0.2, 0.25) is 5.88 Å². The van der Waals surface area contributed by atoms with Crippen molar-refractivity contribution < 1.29 is 5.11 Å². The molecule has 56 valence electrons. The van der Waals surface area contributed by atoms with E-state index in [4.69, 9.17) is 16.7 Å². The quantitative estimate of drug-likeness (QED) is 0.681. The Balaban J connectivity index is 3.03. The van der Waals surface area contributed by atoms with Crippen LogP contribution in [0.25, 0.3) is 0 Å². The molecule has 0 saturated heterocycles. The van der Waals surface area contributed by atoms with Crippen LogP contribution in [0, 0.1) is 0 Å². The summed E-state index contributed by atoms with van der Waals surface area (Å²) in [4.78, 5) is 0. The van der Waals surface area contributed by atoms with Crippen LogP contribution in [0.1, 0.15) is 19.9 Å². The minimum Gasteiger partial charge on any atom is -0.493 e. The van der Waals surface area contributed by atoms with Gasteiger partial charge in [0, 0.05) is 6.07 Å². The second-order valence-electron chi connectivity index (χ2n) is 2.36. The summed E-state index contributed by atoms with van der Waals surface area (Å²) in [5.41, 5.74) is 0. The molecule has 0 fully saturated rings. The Bertz CT molecular complexity index is 232. The van der Waals surface area contributed by atoms with E-state index in [0.717, 1.165) is 0 Å². The Morgan fingerprint density at radius 3 is 2.50 bits per heavy atom. The molecule has 0 spiro atoms. The van der Waals surface area contributed by atoms with E-state index in [1.54, 1.807) is 0 Å². The fraction of sp³-hybridized carbons (Fsp3) is 0.500. The summed E-state index contributed by atoms with van der Waals surface area (Å²) in [6.45, 7) is 3.84. The smallest absolute Gasteiger partial charge is 0.211 e. The molecule has 1 aromatic rings. The number of hydrogen-bond acceptors (Lipinski definition) is 2. The fourth-order valence-electron chi connectivity index (χ4n) is 0.736. The first kappa shape index (κ1) is 7.41. The molecule has 0 aliphatic rings. The Kier molecular flexibility index (Phi) is 1.85. The van der Waals surface area contributed by atoms with Crippen LogP contribution in [0.2, 0.25) is 5.15 Å². The van der Waals surface area contributed by atoms with Gasteiger partial charge in [-0.1, -0.05) is 11.6 Å². The molecule has 0 aliphatic carbocycles. The zero-order valence-electron chi connectivity index (χ0n) is 5.87. The molecular formula is C6H9ClN2O. The van der Waals surface area contributed by atoms with Crippen LogP contribution in [0.5, 0.6) is 5.88 Å². The van der Waals surface area contributed by atoms with Crippen LogP contribution in [0.15, 0.2) is 6.07 Å². The van der Waals surface area contributed by atoms with Gasteiger partial charge in [0.15, 0.2) is 5.15 Å². The molecular weight excluding hydrogens is 152 g/mol.